The van der Waals surface area contributed by atoms with Crippen molar-refractivity contribution < 1.29 is 17.9 Å². The molecule has 0 heterocycles. The fourth-order valence-corrected chi connectivity index (χ4v) is 3.59. The summed E-state index contributed by atoms with van der Waals surface area (Å²) in [6, 6.07) is 2.58. The van der Waals surface area contributed by atoms with Crippen molar-refractivity contribution in [1.29, 1.82) is 0 Å². The summed E-state index contributed by atoms with van der Waals surface area (Å²) < 4.78 is 40.1. The SMILES string of the molecule is CCCCN(C)S(=O)(=O)c1cc(Br)cc(CO)c1F. The van der Waals surface area contributed by atoms with Crippen LogP contribution in [0.1, 0.15) is 25.3 Å². The second-order valence-corrected chi connectivity index (χ2v) is 7.14. The maximum absolute atomic E-state index is 14.0. The lowest BCUT2D eigenvalue weighted by Crippen LogP contribution is -2.29. The zero-order valence-electron chi connectivity index (χ0n) is 10.9. The molecule has 0 aromatic heterocycles. The molecule has 0 saturated carbocycles. The Morgan fingerprint density at radius 2 is 2.05 bits per heavy atom. The van der Waals surface area contributed by atoms with E-state index in [1.807, 2.05) is 6.92 Å². The van der Waals surface area contributed by atoms with Crippen molar-refractivity contribution in [1.82, 2.24) is 4.31 Å². The van der Waals surface area contributed by atoms with Gasteiger partial charge in [-0.1, -0.05) is 29.3 Å². The molecule has 0 fully saturated rings. The van der Waals surface area contributed by atoms with E-state index in [1.54, 1.807) is 0 Å². The van der Waals surface area contributed by atoms with Crippen molar-refractivity contribution in [2.45, 2.75) is 31.3 Å². The summed E-state index contributed by atoms with van der Waals surface area (Å²) in [4.78, 5) is -0.412. The van der Waals surface area contributed by atoms with Gasteiger partial charge in [0.05, 0.1) is 6.61 Å². The fraction of sp³-hybridized carbons (Fsp3) is 0.500. The van der Waals surface area contributed by atoms with Gasteiger partial charge in [0.1, 0.15) is 10.7 Å². The average Bonchev–Trinajstić information content (AvgIpc) is 2.37. The number of sulfonamides is 1. The summed E-state index contributed by atoms with van der Waals surface area (Å²) in [5.74, 6) is -0.894. The molecule has 0 radical (unpaired) electrons. The van der Waals surface area contributed by atoms with Crippen molar-refractivity contribution >= 4 is 26.0 Å². The third-order valence-corrected chi connectivity index (χ3v) is 5.08. The van der Waals surface area contributed by atoms with E-state index < -0.39 is 27.3 Å². The Balaban J connectivity index is 3.25. The minimum Gasteiger partial charge on any atom is -0.392 e. The Morgan fingerprint density at radius 3 is 2.58 bits per heavy atom. The Hall–Kier alpha value is -0.500. The van der Waals surface area contributed by atoms with Gasteiger partial charge in [0.15, 0.2) is 0 Å². The number of rotatable bonds is 6. The van der Waals surface area contributed by atoms with Gasteiger partial charge in [-0.2, -0.15) is 0 Å². The third kappa shape index (κ3) is 3.75. The minimum absolute atomic E-state index is 0.0446. The number of aliphatic hydroxyl groups is 1. The summed E-state index contributed by atoms with van der Waals surface area (Å²) in [7, 11) is -2.46. The Bertz CT molecular complexity index is 548. The fourth-order valence-electron chi connectivity index (χ4n) is 1.59. The van der Waals surface area contributed by atoms with E-state index in [9.17, 15) is 12.8 Å². The number of halogens is 2. The van der Waals surface area contributed by atoms with Crippen molar-refractivity contribution in [2.24, 2.45) is 0 Å². The van der Waals surface area contributed by atoms with Crippen LogP contribution in [0.25, 0.3) is 0 Å². The smallest absolute Gasteiger partial charge is 0.245 e. The van der Waals surface area contributed by atoms with Crippen LogP contribution in [0.2, 0.25) is 0 Å². The molecule has 4 nitrogen and oxygen atoms in total. The highest BCUT2D eigenvalue weighted by Crippen LogP contribution is 2.26. The topological polar surface area (TPSA) is 57.6 Å². The van der Waals surface area contributed by atoms with Crippen LogP contribution >= 0.6 is 15.9 Å². The molecular weight excluding hydrogens is 337 g/mol. The van der Waals surface area contributed by atoms with E-state index in [4.69, 9.17) is 5.11 Å². The van der Waals surface area contributed by atoms with Crippen LogP contribution in [0.3, 0.4) is 0 Å². The van der Waals surface area contributed by atoms with Crippen LogP contribution in [0.4, 0.5) is 4.39 Å². The quantitative estimate of drug-likeness (QED) is 0.854. The summed E-state index contributed by atoms with van der Waals surface area (Å²) >= 11 is 3.12. The van der Waals surface area contributed by atoms with E-state index in [2.05, 4.69) is 15.9 Å². The normalized spacial score (nSPS) is 12.1. The molecule has 1 aromatic rings. The Kier molecular flexibility index (Phi) is 5.91. The van der Waals surface area contributed by atoms with Crippen LogP contribution < -0.4 is 0 Å². The highest BCUT2D eigenvalue weighted by atomic mass is 79.9. The summed E-state index contributed by atoms with van der Waals surface area (Å²) in [5.41, 5.74) is -0.0446. The predicted molar refractivity (Wildman–Crippen MR) is 74.7 cm³/mol. The molecule has 0 amide bonds. The maximum atomic E-state index is 14.0. The summed E-state index contributed by atoms with van der Waals surface area (Å²) in [6.07, 6.45) is 1.56. The number of unbranched alkanes of at least 4 members (excludes halogenated alkanes) is 1. The van der Waals surface area contributed by atoms with Crippen molar-refractivity contribution in [3.05, 3.63) is 28.0 Å². The number of hydrogen-bond acceptors (Lipinski definition) is 3. The molecule has 0 spiro atoms. The highest BCUT2D eigenvalue weighted by Gasteiger charge is 2.26. The van der Waals surface area contributed by atoms with Gasteiger partial charge < -0.3 is 5.11 Å². The lowest BCUT2D eigenvalue weighted by Gasteiger charge is -2.18. The molecule has 0 aliphatic heterocycles. The standard InChI is InChI=1S/C12H17BrFNO3S/c1-3-4-5-15(2)19(17,18)11-7-10(13)6-9(8-16)12(11)14/h6-7,16H,3-5,8H2,1-2H3. The lowest BCUT2D eigenvalue weighted by atomic mass is 10.2. The van der Waals surface area contributed by atoms with Gasteiger partial charge in [0.2, 0.25) is 10.0 Å². The molecule has 1 N–H and O–H groups in total. The number of hydrogen-bond donors (Lipinski definition) is 1. The third-order valence-electron chi connectivity index (χ3n) is 2.76. The second kappa shape index (κ2) is 6.78. The molecule has 7 heteroatoms. The first kappa shape index (κ1) is 16.6. The van der Waals surface area contributed by atoms with E-state index in [1.165, 1.54) is 19.2 Å². The van der Waals surface area contributed by atoms with Crippen LogP contribution in [0.15, 0.2) is 21.5 Å². The monoisotopic (exact) mass is 353 g/mol. The van der Waals surface area contributed by atoms with Gasteiger partial charge in [-0.3, -0.25) is 0 Å². The van der Waals surface area contributed by atoms with E-state index >= 15 is 0 Å². The van der Waals surface area contributed by atoms with Crippen molar-refractivity contribution in [3.63, 3.8) is 0 Å². The van der Waals surface area contributed by atoms with E-state index in [-0.39, 0.29) is 5.56 Å². The molecule has 1 rings (SSSR count). The maximum Gasteiger partial charge on any atom is 0.245 e. The predicted octanol–water partition coefficient (Wildman–Crippen LogP) is 2.50. The molecule has 0 aliphatic carbocycles. The van der Waals surface area contributed by atoms with Gasteiger partial charge in [0, 0.05) is 23.6 Å². The first-order chi connectivity index (χ1) is 8.84. The zero-order valence-corrected chi connectivity index (χ0v) is 13.3. The van der Waals surface area contributed by atoms with Crippen molar-refractivity contribution in [3.8, 4) is 0 Å². The molecule has 1 aromatic carbocycles. The van der Waals surface area contributed by atoms with Gasteiger partial charge in [-0.25, -0.2) is 17.1 Å². The van der Waals surface area contributed by atoms with Crippen LogP contribution in [-0.2, 0) is 16.6 Å². The van der Waals surface area contributed by atoms with Gasteiger partial charge in [0.25, 0.3) is 0 Å². The van der Waals surface area contributed by atoms with Gasteiger partial charge in [-0.05, 0) is 18.6 Å². The molecule has 19 heavy (non-hydrogen) atoms. The average molecular weight is 354 g/mol. The number of nitrogens with zero attached hydrogens (tertiary/aromatic N) is 1. The highest BCUT2D eigenvalue weighted by molar-refractivity contribution is 9.10. The molecule has 0 bridgehead atoms. The second-order valence-electron chi connectivity index (χ2n) is 4.22. The van der Waals surface area contributed by atoms with Crippen molar-refractivity contribution in [2.75, 3.05) is 13.6 Å². The number of aliphatic hydroxyl groups excluding tert-OH is 1. The van der Waals surface area contributed by atoms with E-state index in [0.29, 0.717) is 17.4 Å². The Morgan fingerprint density at radius 1 is 1.42 bits per heavy atom. The molecular formula is C12H17BrFNO3S. The first-order valence-corrected chi connectivity index (χ1v) is 8.13. The summed E-state index contributed by atoms with van der Waals surface area (Å²) in [6.45, 7) is 1.73. The molecule has 0 unspecified atom stereocenters. The largest absolute Gasteiger partial charge is 0.392 e. The lowest BCUT2D eigenvalue weighted by molar-refractivity contribution is 0.274. The van der Waals surface area contributed by atoms with Gasteiger partial charge >= 0.3 is 0 Å². The molecule has 0 aliphatic rings. The van der Waals surface area contributed by atoms with Crippen LogP contribution in [0.5, 0.6) is 0 Å². The minimum atomic E-state index is -3.88. The molecule has 0 atom stereocenters. The molecule has 0 saturated heterocycles. The Labute approximate surface area is 121 Å². The molecule has 108 valence electrons. The zero-order chi connectivity index (χ0) is 14.6. The van der Waals surface area contributed by atoms with Crippen LogP contribution in [-0.4, -0.2) is 31.4 Å². The van der Waals surface area contributed by atoms with Crippen LogP contribution in [0, 0.1) is 5.82 Å². The van der Waals surface area contributed by atoms with E-state index in [0.717, 1.165) is 10.7 Å². The first-order valence-electron chi connectivity index (χ1n) is 5.89. The van der Waals surface area contributed by atoms with Gasteiger partial charge in [-0.15, -0.1) is 0 Å². The number of benzene rings is 1. The summed E-state index contributed by atoms with van der Waals surface area (Å²) in [5, 5.41) is 9.04.